The first-order valence-electron chi connectivity index (χ1n) is 10.6. The van der Waals surface area contributed by atoms with Gasteiger partial charge in [0.05, 0.1) is 23.9 Å². The number of methoxy groups -OCH3 is 1. The van der Waals surface area contributed by atoms with Crippen LogP contribution in [0.1, 0.15) is 47.4 Å². The lowest BCUT2D eigenvalue weighted by molar-refractivity contribution is -0.121. The SMILES string of the molecule is COc1ccc(Cl)cc1C(=O)N1CCC(C(=O)Nc2ccccc2C(=O)NC(C)C)CC1. The molecule has 7 nitrogen and oxygen atoms in total. The standard InChI is InChI=1S/C24H28ClN3O4/c1-15(2)26-23(30)18-6-4-5-7-20(18)27-22(29)16-10-12-28(13-11-16)24(31)19-14-17(25)8-9-21(19)32-3/h4-9,14-16H,10-13H2,1-3H3,(H,26,30)(H,27,29). The summed E-state index contributed by atoms with van der Waals surface area (Å²) in [6.45, 7) is 4.66. The average molecular weight is 458 g/mol. The molecule has 1 aliphatic rings. The monoisotopic (exact) mass is 457 g/mol. The molecule has 1 heterocycles. The molecule has 0 aromatic heterocycles. The van der Waals surface area contributed by atoms with Gasteiger partial charge in [-0.3, -0.25) is 14.4 Å². The zero-order valence-electron chi connectivity index (χ0n) is 18.5. The Kier molecular flexibility index (Phi) is 7.75. The topological polar surface area (TPSA) is 87.7 Å². The van der Waals surface area contributed by atoms with E-state index in [9.17, 15) is 14.4 Å². The van der Waals surface area contributed by atoms with Crippen LogP contribution in [0.15, 0.2) is 42.5 Å². The third-order valence-electron chi connectivity index (χ3n) is 5.39. The zero-order valence-corrected chi connectivity index (χ0v) is 19.2. The fourth-order valence-electron chi connectivity index (χ4n) is 3.73. The maximum atomic E-state index is 12.9. The molecule has 3 amide bonds. The lowest BCUT2D eigenvalue weighted by Gasteiger charge is -2.31. The number of carbonyl (C=O) groups excluding carboxylic acids is 3. The van der Waals surface area contributed by atoms with Crippen LogP contribution in [0, 0.1) is 5.92 Å². The molecule has 0 unspecified atom stereocenters. The van der Waals surface area contributed by atoms with Gasteiger partial charge in [-0.05, 0) is 57.0 Å². The maximum Gasteiger partial charge on any atom is 0.257 e. The van der Waals surface area contributed by atoms with Gasteiger partial charge in [-0.25, -0.2) is 0 Å². The lowest BCUT2D eigenvalue weighted by atomic mass is 9.95. The number of rotatable bonds is 6. The van der Waals surface area contributed by atoms with Gasteiger partial charge >= 0.3 is 0 Å². The molecule has 1 aliphatic heterocycles. The maximum absolute atomic E-state index is 12.9. The summed E-state index contributed by atoms with van der Waals surface area (Å²) >= 11 is 6.05. The van der Waals surface area contributed by atoms with Gasteiger partial charge in [0.2, 0.25) is 5.91 Å². The van der Waals surface area contributed by atoms with Crippen LogP contribution in [0.25, 0.3) is 0 Å². The van der Waals surface area contributed by atoms with E-state index >= 15 is 0 Å². The molecule has 170 valence electrons. The number of para-hydroxylation sites is 1. The number of carbonyl (C=O) groups is 3. The second-order valence-corrected chi connectivity index (χ2v) is 8.51. The van der Waals surface area contributed by atoms with Crippen LogP contribution in [0.2, 0.25) is 5.02 Å². The van der Waals surface area contributed by atoms with E-state index in [1.165, 1.54) is 7.11 Å². The van der Waals surface area contributed by atoms with Crippen LogP contribution in [0.4, 0.5) is 5.69 Å². The molecule has 0 aliphatic carbocycles. The molecule has 0 bridgehead atoms. The number of anilines is 1. The van der Waals surface area contributed by atoms with Crippen molar-refractivity contribution in [2.24, 2.45) is 5.92 Å². The Balaban J connectivity index is 1.63. The fraction of sp³-hybridized carbons (Fsp3) is 0.375. The molecule has 32 heavy (non-hydrogen) atoms. The minimum atomic E-state index is -0.249. The van der Waals surface area contributed by atoms with E-state index in [-0.39, 0.29) is 29.7 Å². The van der Waals surface area contributed by atoms with Gasteiger partial charge < -0.3 is 20.3 Å². The first-order chi connectivity index (χ1) is 15.3. The van der Waals surface area contributed by atoms with Crippen LogP contribution >= 0.6 is 11.6 Å². The number of amides is 3. The van der Waals surface area contributed by atoms with Crippen molar-refractivity contribution in [1.29, 1.82) is 0 Å². The number of hydrogen-bond donors (Lipinski definition) is 2. The van der Waals surface area contributed by atoms with Gasteiger partial charge in [0.15, 0.2) is 0 Å². The van der Waals surface area contributed by atoms with Gasteiger partial charge in [-0.2, -0.15) is 0 Å². The largest absolute Gasteiger partial charge is 0.496 e. The van der Waals surface area contributed by atoms with Crippen molar-refractivity contribution in [2.75, 3.05) is 25.5 Å². The highest BCUT2D eigenvalue weighted by atomic mass is 35.5. The predicted octanol–water partition coefficient (Wildman–Crippen LogP) is 3.98. The Morgan fingerprint density at radius 3 is 2.41 bits per heavy atom. The number of ether oxygens (including phenoxy) is 1. The number of nitrogens with zero attached hydrogens (tertiary/aromatic N) is 1. The second kappa shape index (κ2) is 10.5. The first kappa shape index (κ1) is 23.6. The summed E-state index contributed by atoms with van der Waals surface area (Å²) < 4.78 is 5.29. The molecule has 2 aromatic carbocycles. The van der Waals surface area contributed by atoms with E-state index in [4.69, 9.17) is 16.3 Å². The Bertz CT molecular complexity index is 1000. The van der Waals surface area contributed by atoms with Gasteiger partial charge in [-0.1, -0.05) is 23.7 Å². The zero-order chi connectivity index (χ0) is 23.3. The van der Waals surface area contributed by atoms with Crippen molar-refractivity contribution in [2.45, 2.75) is 32.7 Å². The first-order valence-corrected chi connectivity index (χ1v) is 11.0. The fourth-order valence-corrected chi connectivity index (χ4v) is 3.90. The molecule has 0 atom stereocenters. The molecule has 3 rings (SSSR count). The molecule has 0 radical (unpaired) electrons. The molecule has 2 aromatic rings. The smallest absolute Gasteiger partial charge is 0.257 e. The quantitative estimate of drug-likeness (QED) is 0.686. The van der Waals surface area contributed by atoms with Crippen LogP contribution in [-0.4, -0.2) is 48.9 Å². The number of hydrogen-bond acceptors (Lipinski definition) is 4. The Labute approximate surface area is 193 Å². The van der Waals surface area contributed by atoms with E-state index in [1.54, 1.807) is 47.4 Å². The van der Waals surface area contributed by atoms with Gasteiger partial charge in [0.1, 0.15) is 5.75 Å². The lowest BCUT2D eigenvalue weighted by Crippen LogP contribution is -2.41. The Hall–Kier alpha value is -3.06. The number of halogens is 1. The minimum Gasteiger partial charge on any atom is -0.496 e. The van der Waals surface area contributed by atoms with Crippen LogP contribution in [0.5, 0.6) is 5.75 Å². The summed E-state index contributed by atoms with van der Waals surface area (Å²) in [4.78, 5) is 40.0. The summed E-state index contributed by atoms with van der Waals surface area (Å²) in [5.41, 5.74) is 1.32. The van der Waals surface area contributed by atoms with E-state index < -0.39 is 0 Å². The van der Waals surface area contributed by atoms with Crippen molar-refractivity contribution in [3.05, 3.63) is 58.6 Å². The summed E-state index contributed by atoms with van der Waals surface area (Å²) in [5, 5.41) is 6.20. The van der Waals surface area contributed by atoms with Crippen LogP contribution < -0.4 is 15.4 Å². The number of likely N-dealkylation sites (tertiary alicyclic amines) is 1. The molecular formula is C24H28ClN3O4. The van der Waals surface area contributed by atoms with E-state index in [0.29, 0.717) is 53.5 Å². The average Bonchev–Trinajstić information content (AvgIpc) is 2.78. The van der Waals surface area contributed by atoms with Gasteiger partial charge in [0.25, 0.3) is 11.8 Å². The highest BCUT2D eigenvalue weighted by molar-refractivity contribution is 6.31. The van der Waals surface area contributed by atoms with E-state index in [0.717, 1.165) is 0 Å². The second-order valence-electron chi connectivity index (χ2n) is 8.07. The third-order valence-corrected chi connectivity index (χ3v) is 5.63. The van der Waals surface area contributed by atoms with Crippen LogP contribution in [-0.2, 0) is 4.79 Å². The number of benzene rings is 2. The predicted molar refractivity (Wildman–Crippen MR) is 124 cm³/mol. The van der Waals surface area contributed by atoms with Crippen molar-refractivity contribution in [3.8, 4) is 5.75 Å². The summed E-state index contributed by atoms with van der Waals surface area (Å²) in [6.07, 6.45) is 1.06. The van der Waals surface area contributed by atoms with Crippen molar-refractivity contribution in [3.63, 3.8) is 0 Å². The highest BCUT2D eigenvalue weighted by Gasteiger charge is 2.29. The van der Waals surface area contributed by atoms with Gasteiger partial charge in [0, 0.05) is 30.1 Å². The van der Waals surface area contributed by atoms with Crippen molar-refractivity contribution < 1.29 is 19.1 Å². The molecule has 0 spiro atoms. The molecular weight excluding hydrogens is 430 g/mol. The van der Waals surface area contributed by atoms with E-state index in [2.05, 4.69) is 10.6 Å². The van der Waals surface area contributed by atoms with Gasteiger partial charge in [-0.15, -0.1) is 0 Å². The number of piperidine rings is 1. The van der Waals surface area contributed by atoms with Crippen molar-refractivity contribution in [1.82, 2.24) is 10.2 Å². The normalized spacial score (nSPS) is 14.2. The molecule has 8 heteroatoms. The van der Waals surface area contributed by atoms with E-state index in [1.807, 2.05) is 13.8 Å². The molecule has 1 saturated heterocycles. The van der Waals surface area contributed by atoms with Crippen LogP contribution in [0.3, 0.4) is 0 Å². The highest BCUT2D eigenvalue weighted by Crippen LogP contribution is 2.27. The summed E-state index contributed by atoms with van der Waals surface area (Å²) in [7, 11) is 1.51. The summed E-state index contributed by atoms with van der Waals surface area (Å²) in [6, 6.07) is 11.9. The minimum absolute atomic E-state index is 0.00811. The molecule has 1 fully saturated rings. The number of nitrogens with one attached hydrogen (secondary N) is 2. The Morgan fingerprint density at radius 2 is 1.75 bits per heavy atom. The Morgan fingerprint density at radius 1 is 1.06 bits per heavy atom. The summed E-state index contributed by atoms with van der Waals surface area (Å²) in [5.74, 6) is -0.329. The third kappa shape index (κ3) is 5.59. The molecule has 2 N–H and O–H groups in total. The van der Waals surface area contributed by atoms with Crippen molar-refractivity contribution >= 4 is 35.0 Å². The molecule has 0 saturated carbocycles.